The van der Waals surface area contributed by atoms with E-state index in [-0.39, 0.29) is 0 Å². The molecule has 0 aliphatic heterocycles. The fourth-order valence-electron chi connectivity index (χ4n) is 1.73. The van der Waals surface area contributed by atoms with Crippen LogP contribution in [0, 0.1) is 0 Å². The molecule has 1 saturated carbocycles. The molecule has 9 heteroatoms. The number of nitrogens with zero attached hydrogens (tertiary/aromatic N) is 2. The van der Waals surface area contributed by atoms with Gasteiger partial charge in [-0.25, -0.2) is 4.57 Å². The molecule has 0 aromatic rings. The number of carbonyl (C=O) groups is 1. The molecule has 0 saturated heterocycles. The molecule has 1 fully saturated rings. The molecule has 8 nitrogen and oxygen atoms in total. The fraction of sp³-hybridized carbons (Fsp3) is 0.875. The van der Waals surface area contributed by atoms with Crippen molar-refractivity contribution in [1.82, 2.24) is 0 Å². The van der Waals surface area contributed by atoms with E-state index in [4.69, 9.17) is 14.5 Å². The number of hydrogen-bond acceptors (Lipinski definition) is 6. The summed E-state index contributed by atoms with van der Waals surface area (Å²) in [5.41, 5.74) is -1.14. The molecule has 0 bridgehead atoms. The van der Waals surface area contributed by atoms with Crippen molar-refractivity contribution in [3.63, 3.8) is 0 Å². The van der Waals surface area contributed by atoms with Gasteiger partial charge in [-0.2, -0.15) is 0 Å². The SMILES string of the molecule is CC(=O)OC1(N=NOP(=O)(O)O)CCCCC1. The molecule has 0 radical (unpaired) electrons. The van der Waals surface area contributed by atoms with Gasteiger partial charge in [0.05, 0.1) is 0 Å². The van der Waals surface area contributed by atoms with Gasteiger partial charge in [-0.1, -0.05) is 6.42 Å². The van der Waals surface area contributed by atoms with Gasteiger partial charge in [-0.05, 0) is 12.8 Å². The van der Waals surface area contributed by atoms with Crippen LogP contribution >= 0.6 is 7.82 Å². The third kappa shape index (κ3) is 5.25. The lowest BCUT2D eigenvalue weighted by Gasteiger charge is -2.30. The van der Waals surface area contributed by atoms with Crippen molar-refractivity contribution in [3.8, 4) is 0 Å². The first kappa shape index (κ1) is 14.1. The second-order valence-electron chi connectivity index (χ2n) is 3.85. The highest BCUT2D eigenvalue weighted by Gasteiger charge is 2.36. The fourth-order valence-corrected chi connectivity index (χ4v) is 1.87. The molecule has 0 aromatic heterocycles. The quantitative estimate of drug-likeness (QED) is 0.346. The normalized spacial score (nSPS) is 20.2. The first-order valence-electron chi connectivity index (χ1n) is 5.19. The summed E-state index contributed by atoms with van der Waals surface area (Å²) in [6.07, 6.45) is 3.56. The predicted molar refractivity (Wildman–Crippen MR) is 55.6 cm³/mol. The standard InChI is InChI=1S/C8H15N2O6P/c1-7(11)15-8(5-3-2-4-6-8)9-10-16-17(12,13)14/h2-6H2,1H3,(H2,12,13,14). The van der Waals surface area contributed by atoms with Crippen molar-refractivity contribution in [1.29, 1.82) is 0 Å². The van der Waals surface area contributed by atoms with Gasteiger partial charge in [0, 0.05) is 25.0 Å². The van der Waals surface area contributed by atoms with Crippen molar-refractivity contribution in [2.45, 2.75) is 44.8 Å². The van der Waals surface area contributed by atoms with Gasteiger partial charge >= 0.3 is 13.8 Å². The van der Waals surface area contributed by atoms with E-state index in [0.717, 1.165) is 19.3 Å². The summed E-state index contributed by atoms with van der Waals surface area (Å²) in [4.78, 5) is 27.8. The Kier molecular flexibility index (Phi) is 4.62. The third-order valence-corrected chi connectivity index (χ3v) is 2.62. The van der Waals surface area contributed by atoms with E-state index in [0.29, 0.717) is 12.8 Å². The second kappa shape index (κ2) is 5.57. The van der Waals surface area contributed by atoms with Crippen LogP contribution in [0.4, 0.5) is 0 Å². The highest BCUT2D eigenvalue weighted by Crippen LogP contribution is 2.38. The zero-order chi connectivity index (χ0) is 12.9. The van der Waals surface area contributed by atoms with E-state index in [1.807, 2.05) is 0 Å². The molecular weight excluding hydrogens is 251 g/mol. The van der Waals surface area contributed by atoms with Gasteiger partial charge in [0.2, 0.25) is 5.72 Å². The Morgan fingerprint density at radius 3 is 2.35 bits per heavy atom. The zero-order valence-electron chi connectivity index (χ0n) is 9.40. The molecule has 98 valence electrons. The van der Waals surface area contributed by atoms with Crippen molar-refractivity contribution >= 4 is 13.8 Å². The van der Waals surface area contributed by atoms with Crippen LogP contribution in [0.25, 0.3) is 0 Å². The summed E-state index contributed by atoms with van der Waals surface area (Å²) in [6.45, 7) is 1.25. The van der Waals surface area contributed by atoms with Crippen LogP contribution in [0.3, 0.4) is 0 Å². The molecule has 0 heterocycles. The summed E-state index contributed by atoms with van der Waals surface area (Å²) < 4.78 is 19.3. The topological polar surface area (TPSA) is 118 Å². The first-order valence-corrected chi connectivity index (χ1v) is 6.72. The van der Waals surface area contributed by atoms with Crippen LogP contribution in [-0.2, 0) is 18.7 Å². The zero-order valence-corrected chi connectivity index (χ0v) is 10.3. The van der Waals surface area contributed by atoms with Crippen LogP contribution < -0.4 is 0 Å². The van der Waals surface area contributed by atoms with Gasteiger partial charge in [-0.15, -0.1) is 5.11 Å². The highest BCUT2D eigenvalue weighted by atomic mass is 31.2. The summed E-state index contributed by atoms with van der Waals surface area (Å²) in [5, 5.41) is 6.58. The highest BCUT2D eigenvalue weighted by molar-refractivity contribution is 7.46. The third-order valence-electron chi connectivity index (χ3n) is 2.33. The minimum atomic E-state index is -4.70. The lowest BCUT2D eigenvalue weighted by molar-refractivity contribution is -0.161. The van der Waals surface area contributed by atoms with Gasteiger partial charge < -0.3 is 4.74 Å². The number of hydrogen-bond donors (Lipinski definition) is 2. The van der Waals surface area contributed by atoms with Gasteiger partial charge in [0.15, 0.2) is 0 Å². The molecule has 1 rings (SSSR count). The molecule has 0 atom stereocenters. The minimum absolute atomic E-state index is 0.473. The number of rotatable bonds is 4. The van der Waals surface area contributed by atoms with Crippen LogP contribution in [-0.4, -0.2) is 21.5 Å². The summed E-state index contributed by atoms with van der Waals surface area (Å²) in [6, 6.07) is 0. The van der Waals surface area contributed by atoms with Crippen LogP contribution in [0.1, 0.15) is 39.0 Å². The average Bonchev–Trinajstić information content (AvgIpc) is 2.15. The van der Waals surface area contributed by atoms with E-state index in [1.165, 1.54) is 6.92 Å². The van der Waals surface area contributed by atoms with Crippen molar-refractivity contribution in [2.24, 2.45) is 10.4 Å². The summed E-state index contributed by atoms with van der Waals surface area (Å²) >= 11 is 0. The van der Waals surface area contributed by atoms with E-state index >= 15 is 0 Å². The van der Waals surface area contributed by atoms with E-state index in [2.05, 4.69) is 15.0 Å². The van der Waals surface area contributed by atoms with Gasteiger partial charge in [0.1, 0.15) is 0 Å². The Morgan fingerprint density at radius 1 is 1.29 bits per heavy atom. The number of esters is 1. The Bertz CT molecular complexity index is 346. The maximum absolute atomic E-state index is 11.0. The summed E-state index contributed by atoms with van der Waals surface area (Å²) in [5.74, 6) is -0.512. The molecule has 17 heavy (non-hydrogen) atoms. The van der Waals surface area contributed by atoms with Gasteiger partial charge in [-0.3, -0.25) is 19.2 Å². The molecule has 1 aliphatic carbocycles. The Morgan fingerprint density at radius 2 is 1.88 bits per heavy atom. The number of carbonyl (C=O) groups excluding carboxylic acids is 1. The molecule has 0 amide bonds. The van der Waals surface area contributed by atoms with Crippen LogP contribution in [0.2, 0.25) is 0 Å². The Labute approximate surface area is 98.2 Å². The van der Waals surface area contributed by atoms with Crippen molar-refractivity contribution in [2.75, 3.05) is 0 Å². The lowest BCUT2D eigenvalue weighted by Crippen LogP contribution is -2.34. The smallest absolute Gasteiger partial charge is 0.435 e. The van der Waals surface area contributed by atoms with E-state index < -0.39 is 19.5 Å². The molecule has 0 spiro atoms. The summed E-state index contributed by atoms with van der Waals surface area (Å²) in [7, 11) is -4.70. The van der Waals surface area contributed by atoms with Gasteiger partial charge in [0.25, 0.3) is 0 Å². The maximum atomic E-state index is 11.0. The Hall–Kier alpha value is -0.980. The first-order chi connectivity index (χ1) is 7.83. The second-order valence-corrected chi connectivity index (χ2v) is 5.00. The largest absolute Gasteiger partial charge is 0.546 e. The van der Waals surface area contributed by atoms with Crippen LogP contribution in [0.5, 0.6) is 0 Å². The minimum Gasteiger partial charge on any atom is -0.435 e. The maximum Gasteiger partial charge on any atom is 0.546 e. The van der Waals surface area contributed by atoms with Crippen LogP contribution in [0.15, 0.2) is 10.4 Å². The van der Waals surface area contributed by atoms with E-state index in [9.17, 15) is 9.36 Å². The molecule has 0 unspecified atom stereocenters. The average molecular weight is 266 g/mol. The predicted octanol–water partition coefficient (Wildman–Crippen LogP) is 1.69. The van der Waals surface area contributed by atoms with Crippen molar-refractivity contribution < 1.29 is 28.5 Å². The number of phosphoric acid groups is 1. The monoisotopic (exact) mass is 266 g/mol. The van der Waals surface area contributed by atoms with E-state index in [1.54, 1.807) is 0 Å². The van der Waals surface area contributed by atoms with Crippen molar-refractivity contribution in [3.05, 3.63) is 0 Å². The molecule has 0 aromatic carbocycles. The number of ether oxygens (including phenoxy) is 1. The molecule has 1 aliphatic rings. The molecule has 2 N–H and O–H groups in total. The lowest BCUT2D eigenvalue weighted by atomic mass is 9.92. The Balaban J connectivity index is 2.69. The molecular formula is C8H15N2O6P.